The molecule has 3 aromatic rings. The number of benzene rings is 1. The van der Waals surface area contributed by atoms with Gasteiger partial charge < -0.3 is 0 Å². The summed E-state index contributed by atoms with van der Waals surface area (Å²) in [6, 6.07) is 12.3. The van der Waals surface area contributed by atoms with Crippen molar-refractivity contribution in [3.8, 4) is 11.4 Å². The Labute approximate surface area is 111 Å². The summed E-state index contributed by atoms with van der Waals surface area (Å²) in [5.74, 6) is 0.900. The van der Waals surface area contributed by atoms with E-state index in [0.717, 1.165) is 16.9 Å². The second-order valence-electron chi connectivity index (χ2n) is 4.50. The van der Waals surface area contributed by atoms with E-state index in [0.29, 0.717) is 5.15 Å². The highest BCUT2D eigenvalue weighted by Gasteiger charge is 2.12. The summed E-state index contributed by atoms with van der Waals surface area (Å²) in [5, 5.41) is 0.549. The Hall–Kier alpha value is -1.80. The number of hydrogen-bond donors (Lipinski definition) is 0. The number of rotatable bonds is 1. The highest BCUT2D eigenvalue weighted by molar-refractivity contribution is 6.32. The van der Waals surface area contributed by atoms with Crippen molar-refractivity contribution in [3.05, 3.63) is 58.9 Å². The molecule has 0 spiro atoms. The number of aromatic nitrogens is 2. The van der Waals surface area contributed by atoms with Crippen molar-refractivity contribution in [2.45, 2.75) is 13.8 Å². The molecule has 0 aliphatic rings. The van der Waals surface area contributed by atoms with Crippen LogP contribution in [0.3, 0.4) is 0 Å². The predicted molar refractivity (Wildman–Crippen MR) is 75.1 cm³/mol. The molecule has 0 radical (unpaired) electrons. The summed E-state index contributed by atoms with van der Waals surface area (Å²) in [6.07, 6.45) is 2.07. The van der Waals surface area contributed by atoms with Crippen molar-refractivity contribution >= 4 is 17.1 Å². The number of imidazole rings is 1. The third-order valence-corrected chi connectivity index (χ3v) is 3.40. The van der Waals surface area contributed by atoms with Crippen molar-refractivity contribution in [2.75, 3.05) is 0 Å². The number of fused-ring (bicyclic) bond motifs is 1. The van der Waals surface area contributed by atoms with Crippen molar-refractivity contribution in [1.82, 2.24) is 9.38 Å². The molecule has 0 amide bonds. The molecule has 0 aliphatic carbocycles. The molecule has 18 heavy (non-hydrogen) atoms. The first-order chi connectivity index (χ1) is 8.66. The number of hydrogen-bond acceptors (Lipinski definition) is 1. The second-order valence-corrected chi connectivity index (χ2v) is 4.86. The van der Waals surface area contributed by atoms with Crippen LogP contribution in [0.1, 0.15) is 11.1 Å². The molecule has 0 saturated heterocycles. The van der Waals surface area contributed by atoms with Crippen molar-refractivity contribution in [1.29, 1.82) is 0 Å². The molecule has 2 nitrogen and oxygen atoms in total. The minimum atomic E-state index is 0.549. The summed E-state index contributed by atoms with van der Waals surface area (Å²) in [5.41, 5.74) is 4.44. The van der Waals surface area contributed by atoms with Gasteiger partial charge in [0.05, 0.1) is 5.52 Å². The fraction of sp³-hybridized carbons (Fsp3) is 0.133. The van der Waals surface area contributed by atoms with Crippen LogP contribution in [0.15, 0.2) is 42.6 Å². The maximum atomic E-state index is 6.20. The summed E-state index contributed by atoms with van der Waals surface area (Å²) in [7, 11) is 0. The smallest absolute Gasteiger partial charge is 0.155 e. The normalized spacial score (nSPS) is 11.1. The zero-order valence-corrected chi connectivity index (χ0v) is 11.1. The van der Waals surface area contributed by atoms with Gasteiger partial charge >= 0.3 is 0 Å². The van der Waals surface area contributed by atoms with E-state index in [1.54, 1.807) is 0 Å². The van der Waals surface area contributed by atoms with E-state index < -0.39 is 0 Å². The van der Waals surface area contributed by atoms with Gasteiger partial charge in [0.2, 0.25) is 0 Å². The summed E-state index contributed by atoms with van der Waals surface area (Å²) >= 11 is 6.20. The molecule has 0 fully saturated rings. The molecule has 3 heteroatoms. The Morgan fingerprint density at radius 1 is 1.06 bits per heavy atom. The maximum absolute atomic E-state index is 6.20. The predicted octanol–water partition coefficient (Wildman–Crippen LogP) is 4.27. The fourth-order valence-corrected chi connectivity index (χ4v) is 2.40. The lowest BCUT2D eigenvalue weighted by molar-refractivity contribution is 1.13. The standard InChI is InChI=1S/C15H13ClN2/c1-10-7-8-13-14(16)17-15(18(13)9-10)12-6-4-3-5-11(12)2/h3-9H,1-2H3. The molecule has 90 valence electrons. The number of pyridine rings is 1. The number of halogens is 1. The molecule has 3 rings (SSSR count). The highest BCUT2D eigenvalue weighted by Crippen LogP contribution is 2.28. The van der Waals surface area contributed by atoms with E-state index >= 15 is 0 Å². The highest BCUT2D eigenvalue weighted by atomic mass is 35.5. The van der Waals surface area contributed by atoms with Gasteiger partial charge in [0.1, 0.15) is 5.82 Å². The molecule has 2 heterocycles. The van der Waals surface area contributed by atoms with Gasteiger partial charge in [-0.25, -0.2) is 4.98 Å². The van der Waals surface area contributed by atoms with E-state index in [1.807, 2.05) is 24.3 Å². The zero-order chi connectivity index (χ0) is 12.7. The number of aryl methyl sites for hydroxylation is 2. The van der Waals surface area contributed by atoms with Gasteiger partial charge in [0.25, 0.3) is 0 Å². The van der Waals surface area contributed by atoms with E-state index in [1.165, 1.54) is 11.1 Å². The first-order valence-corrected chi connectivity index (χ1v) is 6.25. The molecule has 0 aliphatic heterocycles. The van der Waals surface area contributed by atoms with Crippen LogP contribution < -0.4 is 0 Å². The quantitative estimate of drug-likeness (QED) is 0.636. The Morgan fingerprint density at radius 3 is 2.61 bits per heavy atom. The average Bonchev–Trinajstić information content (AvgIpc) is 2.67. The van der Waals surface area contributed by atoms with Crippen LogP contribution in [0.2, 0.25) is 5.15 Å². The van der Waals surface area contributed by atoms with Gasteiger partial charge in [-0.15, -0.1) is 0 Å². The number of nitrogens with zero attached hydrogens (tertiary/aromatic N) is 2. The molecule has 0 N–H and O–H groups in total. The monoisotopic (exact) mass is 256 g/mol. The minimum absolute atomic E-state index is 0.549. The average molecular weight is 257 g/mol. The third kappa shape index (κ3) is 1.70. The Morgan fingerprint density at radius 2 is 1.83 bits per heavy atom. The Kier molecular flexibility index (Phi) is 2.60. The van der Waals surface area contributed by atoms with E-state index in [9.17, 15) is 0 Å². The van der Waals surface area contributed by atoms with E-state index in [4.69, 9.17) is 11.6 Å². The third-order valence-electron chi connectivity index (χ3n) is 3.13. The van der Waals surface area contributed by atoms with Gasteiger partial charge in [0, 0.05) is 11.8 Å². The molecule has 1 aromatic carbocycles. The summed E-state index contributed by atoms with van der Waals surface area (Å²) < 4.78 is 2.06. The van der Waals surface area contributed by atoms with Crippen LogP contribution in [0, 0.1) is 13.8 Å². The molecule has 2 aromatic heterocycles. The van der Waals surface area contributed by atoms with Gasteiger partial charge in [0.15, 0.2) is 5.15 Å². The van der Waals surface area contributed by atoms with Gasteiger partial charge in [-0.1, -0.05) is 41.9 Å². The molecule has 0 saturated carbocycles. The van der Waals surface area contributed by atoms with Crippen LogP contribution >= 0.6 is 11.6 Å². The van der Waals surface area contributed by atoms with Crippen LogP contribution in [-0.4, -0.2) is 9.38 Å². The SMILES string of the molecule is Cc1ccc2c(Cl)nc(-c3ccccc3C)n2c1. The molecule has 0 unspecified atom stereocenters. The fourth-order valence-electron chi connectivity index (χ4n) is 2.17. The lowest BCUT2D eigenvalue weighted by Gasteiger charge is -2.05. The van der Waals surface area contributed by atoms with Gasteiger partial charge in [-0.2, -0.15) is 0 Å². The minimum Gasteiger partial charge on any atom is -0.298 e. The summed E-state index contributed by atoms with van der Waals surface area (Å²) in [4.78, 5) is 4.49. The topological polar surface area (TPSA) is 17.3 Å². The maximum Gasteiger partial charge on any atom is 0.155 e. The lowest BCUT2D eigenvalue weighted by Crippen LogP contribution is -1.92. The van der Waals surface area contributed by atoms with Crippen LogP contribution in [0.5, 0.6) is 0 Å². The largest absolute Gasteiger partial charge is 0.298 e. The summed E-state index contributed by atoms with van der Waals surface area (Å²) in [6.45, 7) is 4.15. The van der Waals surface area contributed by atoms with E-state index in [-0.39, 0.29) is 0 Å². The van der Waals surface area contributed by atoms with E-state index in [2.05, 4.69) is 41.6 Å². The van der Waals surface area contributed by atoms with Crippen LogP contribution in [0.25, 0.3) is 16.9 Å². The van der Waals surface area contributed by atoms with Crippen molar-refractivity contribution in [3.63, 3.8) is 0 Å². The molecular weight excluding hydrogens is 244 g/mol. The lowest BCUT2D eigenvalue weighted by atomic mass is 10.1. The Balaban J connectivity index is 2.36. The molecular formula is C15H13ClN2. The first-order valence-electron chi connectivity index (χ1n) is 5.87. The second kappa shape index (κ2) is 4.14. The molecule has 0 bridgehead atoms. The van der Waals surface area contributed by atoms with Crippen molar-refractivity contribution in [2.24, 2.45) is 0 Å². The Bertz CT molecular complexity index is 728. The first kappa shape index (κ1) is 11.3. The van der Waals surface area contributed by atoms with Crippen LogP contribution in [-0.2, 0) is 0 Å². The van der Waals surface area contributed by atoms with Gasteiger partial charge in [-0.05, 0) is 31.0 Å². The van der Waals surface area contributed by atoms with Gasteiger partial charge in [-0.3, -0.25) is 4.40 Å². The zero-order valence-electron chi connectivity index (χ0n) is 10.3. The van der Waals surface area contributed by atoms with Crippen LogP contribution in [0.4, 0.5) is 0 Å². The van der Waals surface area contributed by atoms with Crippen molar-refractivity contribution < 1.29 is 0 Å². The molecule has 0 atom stereocenters.